The highest BCUT2D eigenvalue weighted by atomic mass is 35.5. The van der Waals surface area contributed by atoms with Crippen molar-refractivity contribution in [2.45, 2.75) is 19.0 Å². The second-order valence-electron chi connectivity index (χ2n) is 7.01. The fourth-order valence-corrected chi connectivity index (χ4v) is 3.83. The van der Waals surface area contributed by atoms with Crippen molar-refractivity contribution in [3.63, 3.8) is 0 Å². The minimum absolute atomic E-state index is 0.0919. The van der Waals surface area contributed by atoms with Crippen LogP contribution >= 0.6 is 11.6 Å². The Hall–Kier alpha value is -2.61. The average Bonchev–Trinajstić information content (AvgIpc) is 3.36. The van der Waals surface area contributed by atoms with Crippen molar-refractivity contribution in [1.29, 1.82) is 0 Å². The topological polar surface area (TPSA) is 50.5 Å². The summed E-state index contributed by atoms with van der Waals surface area (Å²) in [7, 11) is 0. The van der Waals surface area contributed by atoms with E-state index < -0.39 is 17.8 Å². The molecule has 3 heterocycles. The molecule has 0 bridgehead atoms. The van der Waals surface area contributed by atoms with E-state index in [0.717, 1.165) is 35.8 Å². The molecule has 1 unspecified atom stereocenters. The number of aromatic nitrogens is 2. The van der Waals surface area contributed by atoms with Gasteiger partial charge in [-0.1, -0.05) is 29.8 Å². The van der Waals surface area contributed by atoms with E-state index in [1.165, 1.54) is 6.07 Å². The van der Waals surface area contributed by atoms with Crippen LogP contribution in [0.25, 0.3) is 5.69 Å². The average molecular weight is 423 g/mol. The lowest BCUT2D eigenvalue weighted by Crippen LogP contribution is -2.31. The highest BCUT2D eigenvalue weighted by Crippen LogP contribution is 2.32. The van der Waals surface area contributed by atoms with Crippen LogP contribution in [0.2, 0.25) is 5.02 Å². The molecule has 29 heavy (non-hydrogen) atoms. The third-order valence-electron chi connectivity index (χ3n) is 5.07. The molecular weight excluding hydrogens is 405 g/mol. The highest BCUT2D eigenvalue weighted by Gasteiger charge is 2.38. The molecule has 4 rings (SSSR count). The quantitative estimate of drug-likeness (QED) is 0.735. The lowest BCUT2D eigenvalue weighted by atomic mass is 10.0. The van der Waals surface area contributed by atoms with Gasteiger partial charge in [0.05, 0.1) is 10.7 Å². The van der Waals surface area contributed by atoms with Crippen molar-refractivity contribution in [3.05, 3.63) is 58.9 Å². The predicted octanol–water partition coefficient (Wildman–Crippen LogP) is 4.41. The maximum Gasteiger partial charge on any atom is 0.435 e. The smallest absolute Gasteiger partial charge is 0.337 e. The van der Waals surface area contributed by atoms with E-state index >= 15 is 0 Å². The Labute approximate surface area is 170 Å². The van der Waals surface area contributed by atoms with E-state index in [1.54, 1.807) is 23.1 Å². The van der Waals surface area contributed by atoms with Crippen molar-refractivity contribution >= 4 is 23.2 Å². The number of aliphatic imine (C=N–C) groups is 1. The van der Waals surface area contributed by atoms with E-state index in [-0.39, 0.29) is 22.3 Å². The molecule has 0 saturated carbocycles. The Balaban J connectivity index is 1.66. The number of alkyl halides is 3. The van der Waals surface area contributed by atoms with Gasteiger partial charge in [-0.05, 0) is 31.1 Å². The van der Waals surface area contributed by atoms with Crippen molar-refractivity contribution in [1.82, 2.24) is 14.7 Å². The first-order chi connectivity index (χ1) is 13.8. The fourth-order valence-electron chi connectivity index (χ4n) is 3.62. The number of rotatable bonds is 3. The summed E-state index contributed by atoms with van der Waals surface area (Å²) in [6.45, 7) is 1.59. The lowest BCUT2D eigenvalue weighted by molar-refractivity contribution is -0.141. The number of hydrogen-bond donors (Lipinski definition) is 0. The molecule has 1 amide bonds. The van der Waals surface area contributed by atoms with Gasteiger partial charge < -0.3 is 4.90 Å². The Morgan fingerprint density at radius 1 is 1.24 bits per heavy atom. The third-order valence-corrected chi connectivity index (χ3v) is 5.39. The summed E-state index contributed by atoms with van der Waals surface area (Å²) in [5.41, 5.74) is -0.117. The first-order valence-electron chi connectivity index (χ1n) is 9.27. The molecule has 2 aliphatic rings. The van der Waals surface area contributed by atoms with Crippen molar-refractivity contribution in [2.24, 2.45) is 10.9 Å². The van der Waals surface area contributed by atoms with Crippen LogP contribution in [0.3, 0.4) is 0 Å². The fraction of sp³-hybridized carbons (Fsp3) is 0.350. The van der Waals surface area contributed by atoms with E-state index in [4.69, 9.17) is 11.6 Å². The molecule has 0 aliphatic carbocycles. The van der Waals surface area contributed by atoms with Crippen LogP contribution in [0.15, 0.2) is 47.5 Å². The van der Waals surface area contributed by atoms with Gasteiger partial charge in [-0.3, -0.25) is 9.79 Å². The van der Waals surface area contributed by atoms with Crippen LogP contribution in [-0.4, -0.2) is 45.9 Å². The number of benzene rings is 1. The monoisotopic (exact) mass is 422 g/mol. The van der Waals surface area contributed by atoms with Gasteiger partial charge in [0.2, 0.25) is 0 Å². The largest absolute Gasteiger partial charge is 0.435 e. The first-order valence-corrected chi connectivity index (χ1v) is 9.64. The van der Waals surface area contributed by atoms with E-state index in [9.17, 15) is 18.0 Å². The van der Waals surface area contributed by atoms with Crippen molar-refractivity contribution < 1.29 is 18.0 Å². The molecule has 2 aliphatic heterocycles. The number of dihydropyridines is 1. The molecule has 1 aromatic heterocycles. The highest BCUT2D eigenvalue weighted by molar-refractivity contribution is 6.32. The van der Waals surface area contributed by atoms with Gasteiger partial charge in [-0.15, -0.1) is 0 Å². The summed E-state index contributed by atoms with van der Waals surface area (Å²) in [6, 6.07) is 7.14. The van der Waals surface area contributed by atoms with E-state index in [1.807, 2.05) is 6.08 Å². The van der Waals surface area contributed by atoms with Crippen molar-refractivity contribution in [2.75, 3.05) is 19.6 Å². The summed E-state index contributed by atoms with van der Waals surface area (Å²) in [6.07, 6.45) is 0.973. The number of carbonyl (C=O) groups excluding carboxylic acids is 1. The summed E-state index contributed by atoms with van der Waals surface area (Å²) in [5.74, 6) is -0.412. The van der Waals surface area contributed by atoms with Crippen LogP contribution in [0.5, 0.6) is 0 Å². The zero-order valence-electron chi connectivity index (χ0n) is 15.4. The van der Waals surface area contributed by atoms with Crippen LogP contribution < -0.4 is 0 Å². The molecule has 1 atom stereocenters. The molecule has 0 spiro atoms. The predicted molar refractivity (Wildman–Crippen MR) is 104 cm³/mol. The number of amides is 1. The van der Waals surface area contributed by atoms with E-state index in [2.05, 4.69) is 16.2 Å². The summed E-state index contributed by atoms with van der Waals surface area (Å²) in [5, 5.41) is 3.85. The Morgan fingerprint density at radius 3 is 2.72 bits per heavy atom. The number of allylic oxidation sites excluding steroid dienone is 1. The molecule has 2 aromatic rings. The molecule has 9 heteroatoms. The lowest BCUT2D eigenvalue weighted by Gasteiger charge is -2.18. The summed E-state index contributed by atoms with van der Waals surface area (Å²) in [4.78, 5) is 19.2. The molecule has 0 N–H and O–H groups in total. The van der Waals surface area contributed by atoms with Gasteiger partial charge in [0.25, 0.3) is 5.91 Å². The number of para-hydroxylation sites is 1. The van der Waals surface area contributed by atoms with Crippen LogP contribution in [0.4, 0.5) is 13.2 Å². The molecule has 1 saturated heterocycles. The molecule has 0 radical (unpaired) electrons. The molecular formula is C20H18ClF3N4O. The number of likely N-dealkylation sites (tertiary alicyclic amines) is 1. The Morgan fingerprint density at radius 2 is 2.03 bits per heavy atom. The van der Waals surface area contributed by atoms with Crippen LogP contribution in [0.1, 0.15) is 29.0 Å². The minimum Gasteiger partial charge on any atom is -0.337 e. The third kappa shape index (κ3) is 3.94. The SMILES string of the molecule is O=C(c1cc(C(F)(F)F)nn1-c1ccccc1Cl)N1CCC(C2=NCCC=C2)C1. The van der Waals surface area contributed by atoms with Crippen LogP contribution in [0, 0.1) is 5.92 Å². The second kappa shape index (κ2) is 7.67. The zero-order chi connectivity index (χ0) is 20.6. The molecule has 1 fully saturated rings. The van der Waals surface area contributed by atoms with Crippen molar-refractivity contribution in [3.8, 4) is 5.69 Å². The van der Waals surface area contributed by atoms with Gasteiger partial charge in [0.1, 0.15) is 5.69 Å². The number of halogens is 4. The first kappa shape index (κ1) is 19.7. The number of nitrogens with zero attached hydrogens (tertiary/aromatic N) is 4. The molecule has 5 nitrogen and oxygen atoms in total. The van der Waals surface area contributed by atoms with Crippen LogP contribution in [-0.2, 0) is 6.18 Å². The summed E-state index contributed by atoms with van der Waals surface area (Å²) < 4.78 is 40.8. The van der Waals surface area contributed by atoms with Gasteiger partial charge >= 0.3 is 6.18 Å². The maximum absolute atomic E-state index is 13.3. The van der Waals surface area contributed by atoms with Gasteiger partial charge in [0.15, 0.2) is 5.69 Å². The minimum atomic E-state index is -4.67. The number of hydrogen-bond acceptors (Lipinski definition) is 3. The molecule has 152 valence electrons. The van der Waals surface area contributed by atoms with Gasteiger partial charge in [0, 0.05) is 37.3 Å². The Bertz CT molecular complexity index is 996. The second-order valence-corrected chi connectivity index (χ2v) is 7.42. The standard InChI is InChI=1S/C20H18ClF3N4O/c21-14-5-1-2-7-16(14)28-17(11-18(26-28)20(22,23)24)19(29)27-10-8-13(12-27)15-6-3-4-9-25-15/h1-3,5-7,11,13H,4,8-10,12H2. The summed E-state index contributed by atoms with van der Waals surface area (Å²) >= 11 is 6.15. The van der Waals surface area contributed by atoms with E-state index in [0.29, 0.717) is 13.1 Å². The Kier molecular flexibility index (Phi) is 5.21. The normalized spacial score (nSPS) is 19.5. The number of carbonyl (C=O) groups is 1. The van der Waals surface area contributed by atoms with Gasteiger partial charge in [-0.2, -0.15) is 18.3 Å². The molecule has 1 aromatic carbocycles. The maximum atomic E-state index is 13.3. The zero-order valence-corrected chi connectivity index (χ0v) is 16.1. The van der Waals surface area contributed by atoms with Gasteiger partial charge in [-0.25, -0.2) is 4.68 Å².